The van der Waals surface area contributed by atoms with Crippen molar-refractivity contribution in [1.29, 1.82) is 0 Å². The van der Waals surface area contributed by atoms with Crippen LogP contribution in [0.5, 0.6) is 0 Å². The van der Waals surface area contributed by atoms with Crippen molar-refractivity contribution < 1.29 is 14.5 Å². The zero-order valence-corrected chi connectivity index (χ0v) is 17.0. The van der Waals surface area contributed by atoms with E-state index in [1.807, 2.05) is 0 Å². The second kappa shape index (κ2) is 7.87. The molecule has 5 nitrogen and oxygen atoms in total. The third-order valence-electron chi connectivity index (χ3n) is 7.54. The van der Waals surface area contributed by atoms with Crippen molar-refractivity contribution in [3.63, 3.8) is 0 Å². The minimum atomic E-state index is -0.612. The molecular formula is C21H38N3O2+. The summed E-state index contributed by atoms with van der Waals surface area (Å²) in [6, 6.07) is -0.155. The number of carbonyl (C=O) groups is 2. The molecule has 0 aromatic carbocycles. The highest BCUT2D eigenvalue weighted by Crippen LogP contribution is 2.44. The number of carbonyl (C=O) groups excluding carboxylic acids is 2. The second-order valence-electron chi connectivity index (χ2n) is 9.54. The SMILES string of the molecule is CCC(C)(C)C1CCC2(CC1)NC(=O)N(C[NH+]1CCCCCCC1)C2=O. The van der Waals surface area contributed by atoms with Crippen molar-refractivity contribution in [2.45, 2.75) is 90.5 Å². The van der Waals surface area contributed by atoms with Crippen LogP contribution in [0.25, 0.3) is 0 Å². The van der Waals surface area contributed by atoms with E-state index in [0.717, 1.165) is 45.2 Å². The molecule has 3 rings (SSSR count). The van der Waals surface area contributed by atoms with Gasteiger partial charge in [-0.3, -0.25) is 4.79 Å². The molecule has 3 fully saturated rings. The van der Waals surface area contributed by atoms with Crippen LogP contribution in [0.3, 0.4) is 0 Å². The first-order chi connectivity index (χ1) is 12.4. The second-order valence-corrected chi connectivity index (χ2v) is 9.54. The Hall–Kier alpha value is -1.10. The molecule has 0 aromatic heterocycles. The molecule has 0 radical (unpaired) electrons. The van der Waals surface area contributed by atoms with Gasteiger partial charge in [-0.05, 0) is 62.7 Å². The lowest BCUT2D eigenvalue weighted by Crippen LogP contribution is -3.13. The Morgan fingerprint density at radius 2 is 1.65 bits per heavy atom. The molecule has 148 valence electrons. The monoisotopic (exact) mass is 364 g/mol. The Morgan fingerprint density at radius 3 is 2.23 bits per heavy atom. The topological polar surface area (TPSA) is 53.9 Å². The molecule has 0 aromatic rings. The molecule has 1 aliphatic carbocycles. The maximum Gasteiger partial charge on any atom is 0.329 e. The third kappa shape index (κ3) is 3.92. The van der Waals surface area contributed by atoms with Crippen molar-refractivity contribution in [1.82, 2.24) is 10.2 Å². The van der Waals surface area contributed by atoms with Gasteiger partial charge in [-0.1, -0.05) is 33.6 Å². The molecule has 3 aliphatic rings. The fourth-order valence-corrected chi connectivity index (χ4v) is 5.13. The molecule has 2 heterocycles. The van der Waals surface area contributed by atoms with Gasteiger partial charge < -0.3 is 10.2 Å². The highest BCUT2D eigenvalue weighted by atomic mass is 16.2. The van der Waals surface area contributed by atoms with Gasteiger partial charge in [0.1, 0.15) is 5.54 Å². The lowest BCUT2D eigenvalue weighted by Gasteiger charge is -2.42. The minimum absolute atomic E-state index is 0.0461. The Bertz CT molecular complexity index is 515. The van der Waals surface area contributed by atoms with E-state index < -0.39 is 5.54 Å². The quantitative estimate of drug-likeness (QED) is 0.754. The summed E-state index contributed by atoms with van der Waals surface area (Å²) in [5.74, 6) is 0.696. The van der Waals surface area contributed by atoms with Crippen LogP contribution < -0.4 is 10.2 Å². The molecule has 2 saturated heterocycles. The Balaban J connectivity index is 1.62. The van der Waals surface area contributed by atoms with Gasteiger partial charge in [0.15, 0.2) is 6.67 Å². The Morgan fingerprint density at radius 1 is 1.08 bits per heavy atom. The summed E-state index contributed by atoms with van der Waals surface area (Å²) < 4.78 is 0. The largest absolute Gasteiger partial charge is 0.329 e. The summed E-state index contributed by atoms with van der Waals surface area (Å²) in [5.41, 5.74) is -0.290. The van der Waals surface area contributed by atoms with Gasteiger partial charge in [-0.2, -0.15) is 0 Å². The first-order valence-electron chi connectivity index (χ1n) is 10.9. The summed E-state index contributed by atoms with van der Waals surface area (Å²) in [7, 11) is 0. The molecule has 0 bridgehead atoms. The molecule has 5 heteroatoms. The predicted octanol–water partition coefficient (Wildman–Crippen LogP) is 2.71. The molecular weight excluding hydrogens is 326 g/mol. The zero-order chi connectivity index (χ0) is 18.8. The number of hydrogen-bond donors (Lipinski definition) is 2. The van der Waals surface area contributed by atoms with Crippen molar-refractivity contribution in [2.75, 3.05) is 19.8 Å². The van der Waals surface area contributed by atoms with Crippen LogP contribution in [0.1, 0.15) is 85.0 Å². The minimum Gasteiger partial charge on any atom is -0.323 e. The fraction of sp³-hybridized carbons (Fsp3) is 0.905. The van der Waals surface area contributed by atoms with Crippen molar-refractivity contribution in [2.24, 2.45) is 11.3 Å². The number of nitrogens with zero attached hydrogens (tertiary/aromatic N) is 1. The number of amides is 3. The average Bonchev–Trinajstić information content (AvgIpc) is 2.81. The summed E-state index contributed by atoms with van der Waals surface area (Å²) in [6.45, 7) is 9.63. The smallest absolute Gasteiger partial charge is 0.323 e. The summed E-state index contributed by atoms with van der Waals surface area (Å²) in [4.78, 5) is 28.7. The molecule has 3 amide bonds. The van der Waals surface area contributed by atoms with Crippen LogP contribution in [0.4, 0.5) is 4.79 Å². The summed E-state index contributed by atoms with van der Waals surface area (Å²) in [5, 5.41) is 3.10. The standard InChI is InChI=1S/C21H37N3O2/c1-4-20(2,3)17-10-12-21(13-11-17)18(25)24(19(26)22-21)16-23-14-8-6-5-7-9-15-23/h17H,4-16H2,1-3H3,(H,22,26)/p+1. The zero-order valence-electron chi connectivity index (χ0n) is 17.0. The molecule has 1 spiro atoms. The molecule has 2 N–H and O–H groups in total. The van der Waals surface area contributed by atoms with E-state index in [1.165, 1.54) is 41.9 Å². The van der Waals surface area contributed by atoms with Gasteiger partial charge in [-0.15, -0.1) is 0 Å². The summed E-state index contributed by atoms with van der Waals surface area (Å²) in [6.07, 6.45) is 11.1. The van der Waals surface area contributed by atoms with Crippen LogP contribution in [-0.4, -0.2) is 42.1 Å². The van der Waals surface area contributed by atoms with Gasteiger partial charge in [0, 0.05) is 0 Å². The number of quaternary nitrogens is 1. The van der Waals surface area contributed by atoms with E-state index >= 15 is 0 Å². The maximum atomic E-state index is 13.2. The number of likely N-dealkylation sites (tertiary alicyclic amines) is 1. The first kappa shape index (κ1) is 19.7. The molecule has 2 aliphatic heterocycles. The lowest BCUT2D eigenvalue weighted by molar-refractivity contribution is -0.908. The normalized spacial score (nSPS) is 31.8. The van der Waals surface area contributed by atoms with Crippen molar-refractivity contribution in [3.8, 4) is 0 Å². The van der Waals surface area contributed by atoms with Gasteiger partial charge in [0.25, 0.3) is 5.91 Å². The van der Waals surface area contributed by atoms with Crippen molar-refractivity contribution in [3.05, 3.63) is 0 Å². The number of nitrogens with one attached hydrogen (secondary N) is 2. The molecule has 0 atom stereocenters. The first-order valence-corrected chi connectivity index (χ1v) is 10.9. The van der Waals surface area contributed by atoms with Gasteiger partial charge in [-0.25, -0.2) is 9.69 Å². The van der Waals surface area contributed by atoms with Crippen LogP contribution in [-0.2, 0) is 4.79 Å². The van der Waals surface area contributed by atoms with E-state index in [0.29, 0.717) is 18.0 Å². The number of imide groups is 1. The van der Waals surface area contributed by atoms with Crippen LogP contribution in [0.2, 0.25) is 0 Å². The van der Waals surface area contributed by atoms with Gasteiger partial charge in [0.2, 0.25) is 0 Å². The molecule has 0 unspecified atom stereocenters. The van der Waals surface area contributed by atoms with E-state index in [-0.39, 0.29) is 11.9 Å². The Kier molecular flexibility index (Phi) is 5.95. The number of urea groups is 1. The van der Waals surface area contributed by atoms with E-state index in [1.54, 1.807) is 0 Å². The van der Waals surface area contributed by atoms with Crippen LogP contribution >= 0.6 is 0 Å². The summed E-state index contributed by atoms with van der Waals surface area (Å²) >= 11 is 0. The average molecular weight is 365 g/mol. The number of hydrogen-bond acceptors (Lipinski definition) is 2. The molecule has 26 heavy (non-hydrogen) atoms. The van der Waals surface area contributed by atoms with Crippen LogP contribution in [0.15, 0.2) is 0 Å². The maximum absolute atomic E-state index is 13.2. The highest BCUT2D eigenvalue weighted by molar-refractivity contribution is 6.06. The van der Waals surface area contributed by atoms with Gasteiger partial charge in [0.05, 0.1) is 13.1 Å². The predicted molar refractivity (Wildman–Crippen MR) is 103 cm³/mol. The lowest BCUT2D eigenvalue weighted by atomic mass is 9.65. The third-order valence-corrected chi connectivity index (χ3v) is 7.54. The van der Waals surface area contributed by atoms with Gasteiger partial charge >= 0.3 is 6.03 Å². The van der Waals surface area contributed by atoms with Crippen molar-refractivity contribution >= 4 is 11.9 Å². The van der Waals surface area contributed by atoms with E-state index in [2.05, 4.69) is 26.1 Å². The highest BCUT2D eigenvalue weighted by Gasteiger charge is 2.54. The Labute approximate surface area is 158 Å². The fourth-order valence-electron chi connectivity index (χ4n) is 5.13. The molecule has 1 saturated carbocycles. The number of rotatable bonds is 4. The van der Waals surface area contributed by atoms with Crippen LogP contribution in [0, 0.1) is 11.3 Å². The van der Waals surface area contributed by atoms with E-state index in [9.17, 15) is 9.59 Å². The van der Waals surface area contributed by atoms with E-state index in [4.69, 9.17) is 0 Å².